The van der Waals surface area contributed by atoms with Crippen LogP contribution < -0.4 is 21.3 Å². The van der Waals surface area contributed by atoms with Crippen molar-refractivity contribution in [1.29, 1.82) is 0 Å². The second kappa shape index (κ2) is 10.3. The number of aryl methyl sites for hydroxylation is 1. The van der Waals surface area contributed by atoms with Gasteiger partial charge in [0.1, 0.15) is 0 Å². The van der Waals surface area contributed by atoms with E-state index in [1.807, 2.05) is 11.3 Å². The monoisotopic (exact) mass is 719 g/mol. The third-order valence-corrected chi connectivity index (χ3v) is 14.1. The third kappa shape index (κ3) is 3.59. The average molecular weight is 720 g/mol. The van der Waals surface area contributed by atoms with Crippen LogP contribution in [0.5, 0.6) is 0 Å². The first kappa shape index (κ1) is 30.1. The van der Waals surface area contributed by atoms with Gasteiger partial charge in [0.2, 0.25) is 0 Å². The van der Waals surface area contributed by atoms with Crippen molar-refractivity contribution < 1.29 is 0 Å². The van der Waals surface area contributed by atoms with Gasteiger partial charge in [0, 0.05) is 60.1 Å². The summed E-state index contributed by atoms with van der Waals surface area (Å²) >= 11 is 1.93. The topological polar surface area (TPSA) is 13.1 Å². The van der Waals surface area contributed by atoms with Gasteiger partial charge in [-0.3, -0.25) is 0 Å². The molecule has 55 heavy (non-hydrogen) atoms. The molecule has 1 aliphatic carbocycles. The first-order valence-corrected chi connectivity index (χ1v) is 20.1. The molecule has 0 saturated heterocycles. The Bertz CT molecular complexity index is 3270. The number of benzene rings is 7. The van der Waals surface area contributed by atoms with E-state index in [1.165, 1.54) is 104 Å². The molecule has 0 N–H and O–H groups in total. The number of thiophene rings is 1. The molecule has 0 fully saturated rings. The highest BCUT2D eigenvalue weighted by atomic mass is 32.1. The molecular weight excluding hydrogens is 685 g/mol. The Kier molecular flexibility index (Phi) is 5.61. The fourth-order valence-electron chi connectivity index (χ4n) is 10.8. The Morgan fingerprint density at radius 1 is 0.600 bits per heavy atom. The normalized spacial score (nSPS) is 14.2. The van der Waals surface area contributed by atoms with Gasteiger partial charge in [0.15, 0.2) is 0 Å². The lowest BCUT2D eigenvalue weighted by molar-refractivity contribution is 0.666. The molecule has 5 heteroatoms. The predicted octanol–water partition coefficient (Wildman–Crippen LogP) is 11.2. The first-order chi connectivity index (χ1) is 27.0. The van der Waals surface area contributed by atoms with Crippen LogP contribution in [-0.2, 0) is 5.41 Å². The van der Waals surface area contributed by atoms with E-state index >= 15 is 0 Å². The van der Waals surface area contributed by atoms with Gasteiger partial charge in [-0.05, 0) is 88.5 Å². The molecule has 0 amide bonds. The number of fused-ring (bicyclic) bond motifs is 14. The van der Waals surface area contributed by atoms with Gasteiger partial charge in [-0.15, -0.1) is 11.3 Å². The predicted molar refractivity (Wildman–Crippen MR) is 235 cm³/mol. The van der Waals surface area contributed by atoms with Crippen molar-refractivity contribution in [3.05, 3.63) is 168 Å². The number of aromatic nitrogens is 2. The van der Waals surface area contributed by atoms with Crippen LogP contribution >= 0.6 is 11.3 Å². The smallest absolute Gasteiger partial charge is 0.252 e. The third-order valence-electron chi connectivity index (χ3n) is 12.9. The Morgan fingerprint density at radius 2 is 1.25 bits per heavy atom. The van der Waals surface area contributed by atoms with Crippen molar-refractivity contribution in [2.75, 3.05) is 4.90 Å². The molecule has 0 unspecified atom stereocenters. The highest BCUT2D eigenvalue weighted by Gasteiger charge is 2.46. The fourth-order valence-corrected chi connectivity index (χ4v) is 12.1. The minimum absolute atomic E-state index is 0.0939. The lowest BCUT2D eigenvalue weighted by Crippen LogP contribution is -2.59. The van der Waals surface area contributed by atoms with Crippen molar-refractivity contribution in [2.45, 2.75) is 26.2 Å². The number of anilines is 3. The second-order valence-electron chi connectivity index (χ2n) is 16.1. The van der Waals surface area contributed by atoms with Gasteiger partial charge in [-0.2, -0.15) is 0 Å². The largest absolute Gasteiger partial charge is 0.310 e. The Hall–Kier alpha value is -6.30. The number of nitrogens with zero attached hydrogens (tertiary/aromatic N) is 3. The summed E-state index contributed by atoms with van der Waals surface area (Å²) in [6.07, 6.45) is 0. The van der Waals surface area contributed by atoms with E-state index in [4.69, 9.17) is 0 Å². The molecule has 2 aliphatic heterocycles. The van der Waals surface area contributed by atoms with E-state index in [9.17, 15) is 0 Å². The molecule has 0 bridgehead atoms. The lowest BCUT2D eigenvalue weighted by atomic mass is 9.34. The van der Waals surface area contributed by atoms with E-state index in [-0.39, 0.29) is 12.1 Å². The highest BCUT2D eigenvalue weighted by Crippen LogP contribution is 2.55. The SMILES string of the molecule is Cc1cc2c3c(c1)-n1c4c(ccc(N(c5ccccc5)c5ccccc5)c4c4sc5ccccc5c41)B3c1cccc3c4c(n-2c13)-c1ccccc1C4(C)C. The summed E-state index contributed by atoms with van der Waals surface area (Å²) in [5.74, 6) is 0. The Balaban J connectivity index is 1.22. The molecule has 0 atom stereocenters. The van der Waals surface area contributed by atoms with E-state index in [0.717, 1.165) is 11.4 Å². The maximum absolute atomic E-state index is 2.66. The van der Waals surface area contributed by atoms with Crippen LogP contribution in [-0.4, -0.2) is 15.8 Å². The summed E-state index contributed by atoms with van der Waals surface area (Å²) in [6.45, 7) is 7.22. The van der Waals surface area contributed by atoms with E-state index in [2.05, 4.69) is 186 Å². The van der Waals surface area contributed by atoms with Crippen molar-refractivity contribution in [3.63, 3.8) is 0 Å². The summed E-state index contributed by atoms with van der Waals surface area (Å²) in [6, 6.07) is 56.8. The molecule has 13 rings (SSSR count). The van der Waals surface area contributed by atoms with Crippen molar-refractivity contribution in [2.24, 2.45) is 0 Å². The summed E-state index contributed by atoms with van der Waals surface area (Å²) < 4.78 is 7.98. The van der Waals surface area contributed by atoms with Crippen molar-refractivity contribution in [3.8, 4) is 22.6 Å². The highest BCUT2D eigenvalue weighted by molar-refractivity contribution is 7.27. The molecule has 0 spiro atoms. The van der Waals surface area contributed by atoms with E-state index < -0.39 is 0 Å². The van der Waals surface area contributed by atoms with Gasteiger partial charge in [0.25, 0.3) is 6.71 Å². The maximum Gasteiger partial charge on any atom is 0.252 e. The zero-order valence-electron chi connectivity index (χ0n) is 30.8. The second-order valence-corrected chi connectivity index (χ2v) is 17.2. The summed E-state index contributed by atoms with van der Waals surface area (Å²) in [7, 11) is 0. The molecule has 10 aromatic rings. The Labute approximate surface area is 323 Å². The van der Waals surface area contributed by atoms with Gasteiger partial charge in [-0.1, -0.05) is 117 Å². The summed E-state index contributed by atoms with van der Waals surface area (Å²) in [5.41, 5.74) is 21.1. The lowest BCUT2D eigenvalue weighted by Gasteiger charge is -2.35. The molecule has 0 saturated carbocycles. The zero-order chi connectivity index (χ0) is 36.3. The molecule has 0 radical (unpaired) electrons. The van der Waals surface area contributed by atoms with Crippen LogP contribution in [0.1, 0.15) is 30.5 Å². The summed E-state index contributed by atoms with van der Waals surface area (Å²) in [5, 5.41) is 4.01. The van der Waals surface area contributed by atoms with Crippen LogP contribution in [0.4, 0.5) is 17.1 Å². The van der Waals surface area contributed by atoms with Gasteiger partial charge < -0.3 is 14.0 Å². The number of hydrogen-bond donors (Lipinski definition) is 0. The van der Waals surface area contributed by atoms with Gasteiger partial charge in [-0.25, -0.2) is 0 Å². The molecular formula is C50H34BN3S. The quantitative estimate of drug-likeness (QED) is 0.166. The fraction of sp³-hybridized carbons (Fsp3) is 0.0800. The number of para-hydroxylation sites is 3. The molecule has 3 nitrogen and oxygen atoms in total. The van der Waals surface area contributed by atoms with Crippen LogP contribution in [0.2, 0.25) is 0 Å². The number of rotatable bonds is 3. The minimum Gasteiger partial charge on any atom is -0.310 e. The first-order valence-electron chi connectivity index (χ1n) is 19.3. The molecule has 258 valence electrons. The minimum atomic E-state index is -0.110. The molecule has 3 aromatic heterocycles. The molecule has 3 aliphatic rings. The van der Waals surface area contributed by atoms with E-state index in [1.54, 1.807) is 0 Å². The zero-order valence-corrected chi connectivity index (χ0v) is 31.6. The van der Waals surface area contributed by atoms with Crippen LogP contribution in [0, 0.1) is 6.92 Å². The van der Waals surface area contributed by atoms with Crippen molar-refractivity contribution >= 4 is 93.6 Å². The van der Waals surface area contributed by atoms with Gasteiger partial charge in [0.05, 0.1) is 27.1 Å². The molecule has 7 aromatic carbocycles. The van der Waals surface area contributed by atoms with Crippen molar-refractivity contribution in [1.82, 2.24) is 9.13 Å². The van der Waals surface area contributed by atoms with E-state index in [0.29, 0.717) is 0 Å². The van der Waals surface area contributed by atoms with Gasteiger partial charge >= 0.3 is 0 Å². The number of hydrogen-bond acceptors (Lipinski definition) is 2. The molecule has 5 heterocycles. The van der Waals surface area contributed by atoms with Crippen LogP contribution in [0.25, 0.3) is 64.7 Å². The Morgan fingerprint density at radius 3 is 2.04 bits per heavy atom. The summed E-state index contributed by atoms with van der Waals surface area (Å²) in [4.78, 5) is 2.46. The standard InChI is InChI=1S/C50H34BN3S/c1-29-27-39-44-40(28-29)54-47-33-20-11-13-24-41(33)55-49(47)42-38(52(30-15-6-4-7-16-30)31-17-8-5-9-18-31)26-25-37(48(42)54)51(44)36-23-14-21-34-43-46(53(39)45(34)36)32-19-10-12-22-35(32)50(43,2)3/h4-28H,1-3H3. The average Bonchev–Trinajstić information content (AvgIpc) is 3.93. The van der Waals surface area contributed by atoms with Crippen LogP contribution in [0.3, 0.4) is 0 Å². The maximum atomic E-state index is 2.66. The van der Waals surface area contributed by atoms with Crippen LogP contribution in [0.15, 0.2) is 152 Å².